The van der Waals surface area contributed by atoms with E-state index < -0.39 is 11.9 Å². The second kappa shape index (κ2) is 11.4. The molecule has 1 atom stereocenters. The zero-order valence-electron chi connectivity index (χ0n) is 20.8. The number of nitrogens with zero attached hydrogens (tertiary/aromatic N) is 1. The minimum absolute atomic E-state index is 0.156. The predicted molar refractivity (Wildman–Crippen MR) is 146 cm³/mol. The lowest BCUT2D eigenvalue weighted by atomic mass is 9.91. The van der Waals surface area contributed by atoms with Crippen LogP contribution in [-0.2, 0) is 4.79 Å². The molecule has 37 heavy (non-hydrogen) atoms. The number of aromatic nitrogens is 1. The number of carboxylic acids is 1. The Hall–Kier alpha value is -3.90. The van der Waals surface area contributed by atoms with Gasteiger partial charge in [-0.1, -0.05) is 49.2 Å². The summed E-state index contributed by atoms with van der Waals surface area (Å²) in [6.45, 7) is 7.88. The molecular weight excluding hydrogens is 488 g/mol. The molecule has 1 aliphatic carbocycles. The lowest BCUT2D eigenvalue weighted by Crippen LogP contribution is -2.24. The fraction of sp³-hybridized carbons (Fsp3) is 0.233. The number of rotatable bonds is 10. The summed E-state index contributed by atoms with van der Waals surface area (Å²) in [5, 5.41) is 12.8. The fourth-order valence-corrected chi connectivity index (χ4v) is 4.47. The van der Waals surface area contributed by atoms with Crippen molar-refractivity contribution in [1.29, 1.82) is 0 Å². The molecule has 1 amide bonds. The van der Waals surface area contributed by atoms with Crippen molar-refractivity contribution < 1.29 is 19.1 Å². The number of aromatic carboxylic acids is 1. The van der Waals surface area contributed by atoms with Gasteiger partial charge in [-0.15, -0.1) is 0 Å². The van der Waals surface area contributed by atoms with Crippen LogP contribution < -0.4 is 5.32 Å². The van der Waals surface area contributed by atoms with Crippen molar-refractivity contribution in [3.05, 3.63) is 101 Å². The van der Waals surface area contributed by atoms with Gasteiger partial charge in [0.05, 0.1) is 17.7 Å². The fourth-order valence-electron chi connectivity index (χ4n) is 4.30. The second-order valence-corrected chi connectivity index (χ2v) is 9.70. The maximum absolute atomic E-state index is 13.3. The molecule has 1 saturated carbocycles. The van der Waals surface area contributed by atoms with Crippen LogP contribution in [-0.4, -0.2) is 22.0 Å². The summed E-state index contributed by atoms with van der Waals surface area (Å²) in [5.41, 5.74) is 4.71. The monoisotopic (exact) mass is 516 g/mol. The number of benzene rings is 2. The maximum atomic E-state index is 13.3. The molecule has 1 fully saturated rings. The van der Waals surface area contributed by atoms with Crippen LogP contribution in [0.25, 0.3) is 16.9 Å². The Morgan fingerprint density at radius 3 is 2.62 bits per heavy atom. The molecule has 3 aromatic rings. The Bertz CT molecular complexity index is 1380. The third-order valence-electron chi connectivity index (χ3n) is 6.53. The first-order valence-corrected chi connectivity index (χ1v) is 12.5. The Kier molecular flexibility index (Phi) is 8.09. The van der Waals surface area contributed by atoms with Crippen LogP contribution in [0.1, 0.15) is 47.7 Å². The van der Waals surface area contributed by atoms with E-state index in [2.05, 4.69) is 16.9 Å². The van der Waals surface area contributed by atoms with Gasteiger partial charge in [0.25, 0.3) is 0 Å². The Labute approximate surface area is 221 Å². The zero-order valence-corrected chi connectivity index (χ0v) is 21.6. The normalized spacial score (nSPS) is 14.5. The largest absolute Gasteiger partial charge is 0.478 e. The number of carbonyl (C=O) groups is 2. The van der Waals surface area contributed by atoms with Gasteiger partial charge in [0, 0.05) is 16.3 Å². The first kappa shape index (κ1) is 26.2. The first-order valence-electron chi connectivity index (χ1n) is 12.1. The van der Waals surface area contributed by atoms with Gasteiger partial charge in [0.1, 0.15) is 0 Å². The molecule has 0 aliphatic heterocycles. The quantitative estimate of drug-likeness (QED) is 0.271. The number of halogens is 1. The summed E-state index contributed by atoms with van der Waals surface area (Å²) in [7, 11) is 0. The van der Waals surface area contributed by atoms with E-state index >= 15 is 0 Å². The lowest BCUT2D eigenvalue weighted by molar-refractivity contribution is -0.119. The highest BCUT2D eigenvalue weighted by Gasteiger charge is 2.30. The number of carboxylic acid groups (broad SMARTS) is 1. The van der Waals surface area contributed by atoms with Crippen LogP contribution in [0.2, 0.25) is 5.02 Å². The molecule has 0 radical (unpaired) electrons. The number of aryl methyl sites for hydroxylation is 1. The smallest absolute Gasteiger partial charge is 0.335 e. The molecule has 190 valence electrons. The highest BCUT2D eigenvalue weighted by atomic mass is 35.5. The van der Waals surface area contributed by atoms with Crippen molar-refractivity contribution in [2.45, 2.75) is 33.1 Å². The van der Waals surface area contributed by atoms with E-state index in [1.165, 1.54) is 12.5 Å². The third kappa shape index (κ3) is 6.46. The Morgan fingerprint density at radius 1 is 1.22 bits per heavy atom. The zero-order chi connectivity index (χ0) is 26.5. The molecule has 6 nitrogen and oxygen atoms in total. The highest BCUT2D eigenvalue weighted by molar-refractivity contribution is 6.31. The van der Waals surface area contributed by atoms with Crippen LogP contribution in [0.5, 0.6) is 0 Å². The molecule has 7 heteroatoms. The number of anilines is 1. The van der Waals surface area contributed by atoms with E-state index in [1.807, 2.05) is 37.3 Å². The van der Waals surface area contributed by atoms with Crippen LogP contribution in [0, 0.1) is 18.8 Å². The molecule has 4 rings (SSSR count). The summed E-state index contributed by atoms with van der Waals surface area (Å²) >= 11 is 6.31. The summed E-state index contributed by atoms with van der Waals surface area (Å²) in [4.78, 5) is 28.7. The van der Waals surface area contributed by atoms with Crippen LogP contribution in [0.3, 0.4) is 0 Å². The van der Waals surface area contributed by atoms with Crippen LogP contribution in [0.4, 0.5) is 5.69 Å². The van der Waals surface area contributed by atoms with Crippen molar-refractivity contribution in [1.82, 2.24) is 4.98 Å². The van der Waals surface area contributed by atoms with Gasteiger partial charge in [-0.2, -0.15) is 0 Å². The van der Waals surface area contributed by atoms with E-state index in [9.17, 15) is 14.7 Å². The van der Waals surface area contributed by atoms with Crippen LogP contribution in [0.15, 0.2) is 83.8 Å². The molecule has 2 N–H and O–H groups in total. The minimum atomic E-state index is -0.994. The summed E-state index contributed by atoms with van der Waals surface area (Å²) in [6, 6.07) is 10.4. The van der Waals surface area contributed by atoms with E-state index in [4.69, 9.17) is 16.0 Å². The third-order valence-corrected chi connectivity index (χ3v) is 6.77. The highest BCUT2D eigenvalue weighted by Crippen LogP contribution is 2.38. The van der Waals surface area contributed by atoms with Crippen molar-refractivity contribution >= 4 is 34.7 Å². The van der Waals surface area contributed by atoms with Gasteiger partial charge in [-0.3, -0.25) is 4.79 Å². The van der Waals surface area contributed by atoms with Gasteiger partial charge in [0.2, 0.25) is 5.91 Å². The number of hydrogen-bond donors (Lipinski definition) is 2. The van der Waals surface area contributed by atoms with Crippen molar-refractivity contribution in [3.63, 3.8) is 0 Å². The lowest BCUT2D eigenvalue weighted by Gasteiger charge is -2.18. The Morgan fingerprint density at radius 2 is 2.00 bits per heavy atom. The first-order chi connectivity index (χ1) is 17.8. The number of amides is 1. The number of oxazole rings is 1. The summed E-state index contributed by atoms with van der Waals surface area (Å²) < 4.78 is 5.52. The number of hydrogen-bond acceptors (Lipinski definition) is 4. The molecule has 2 aromatic carbocycles. The van der Waals surface area contributed by atoms with Gasteiger partial charge < -0.3 is 14.8 Å². The molecular formula is C30H29ClN2O4. The Balaban J connectivity index is 1.55. The van der Waals surface area contributed by atoms with Gasteiger partial charge in [0.15, 0.2) is 12.2 Å². The molecule has 1 aliphatic rings. The van der Waals surface area contributed by atoms with Crippen molar-refractivity contribution in [2.24, 2.45) is 11.8 Å². The predicted octanol–water partition coefficient (Wildman–Crippen LogP) is 7.57. The van der Waals surface area contributed by atoms with Gasteiger partial charge >= 0.3 is 5.97 Å². The van der Waals surface area contributed by atoms with Crippen molar-refractivity contribution in [3.8, 4) is 11.3 Å². The average Bonchev–Trinajstić information content (AvgIpc) is 3.52. The molecule has 0 saturated heterocycles. The minimum Gasteiger partial charge on any atom is -0.478 e. The van der Waals surface area contributed by atoms with Crippen molar-refractivity contribution in [2.75, 3.05) is 5.32 Å². The van der Waals surface area contributed by atoms with Gasteiger partial charge in [-0.05, 0) is 84.9 Å². The molecule has 1 aromatic heterocycles. The topological polar surface area (TPSA) is 92.4 Å². The molecule has 0 spiro atoms. The second-order valence-electron chi connectivity index (χ2n) is 9.26. The average molecular weight is 517 g/mol. The summed E-state index contributed by atoms with van der Waals surface area (Å²) in [6.07, 6.45) is 11.8. The van der Waals surface area contributed by atoms with E-state index in [0.29, 0.717) is 39.9 Å². The number of carbonyl (C=O) groups excluding carboxylic acids is 1. The van der Waals surface area contributed by atoms with Gasteiger partial charge in [-0.25, -0.2) is 9.78 Å². The number of nitrogens with one attached hydrogen (secondary N) is 1. The SMILES string of the molecule is C=C(/C=C\C(=C/C)c1cc(Cl)ccc1-c1cnco1)C(CC1CC1)C(=O)Nc1ccc(C(=O)O)c(C)c1. The number of allylic oxidation sites excluding steroid dienone is 4. The van der Waals surface area contributed by atoms with Crippen LogP contribution >= 0.6 is 11.6 Å². The molecule has 1 unspecified atom stereocenters. The van der Waals surface area contributed by atoms with E-state index in [1.54, 1.807) is 31.3 Å². The standard InChI is InChI=1S/C30H29ClN2O4/c1-4-21(27-15-22(31)9-11-25(27)28-16-32-17-37-28)8-5-18(2)26(14-20-6-7-20)29(34)33-23-10-12-24(30(35)36)19(3)13-23/h4-5,8-13,15-17,20,26H,2,6-7,14H2,1,3H3,(H,33,34)(H,35,36)/b8-5-,21-4+. The molecule has 1 heterocycles. The van der Waals surface area contributed by atoms with E-state index in [-0.39, 0.29) is 11.5 Å². The molecule has 0 bridgehead atoms. The maximum Gasteiger partial charge on any atom is 0.335 e. The summed E-state index contributed by atoms with van der Waals surface area (Å²) in [5.74, 6) is -0.422. The van der Waals surface area contributed by atoms with E-state index in [0.717, 1.165) is 29.5 Å².